The molecule has 0 unspecified atom stereocenters. The highest BCUT2D eigenvalue weighted by molar-refractivity contribution is 5.85. The maximum Gasteiger partial charge on any atom is 0.303 e. The lowest BCUT2D eigenvalue weighted by atomic mass is 10.3. The largest absolute Gasteiger partial charge is 0.481 e. The minimum atomic E-state index is -0.751. The molecule has 1 aromatic heterocycles. The van der Waals surface area contributed by atoms with Gasteiger partial charge in [-0.1, -0.05) is 12.1 Å². The molecule has 2 aromatic rings. The number of carboxylic acid groups (broad SMARTS) is 1. The molecule has 0 amide bonds. The number of aliphatic carboxylic acids is 1. The van der Waals surface area contributed by atoms with E-state index < -0.39 is 5.97 Å². The first kappa shape index (κ1) is 12.5. The van der Waals surface area contributed by atoms with Gasteiger partial charge in [0.25, 0.3) is 0 Å². The lowest BCUT2D eigenvalue weighted by Crippen LogP contribution is -2.00. The normalized spacial score (nSPS) is 10.0. The summed E-state index contributed by atoms with van der Waals surface area (Å²) in [6, 6.07) is 7.83. The van der Waals surface area contributed by atoms with Crippen molar-refractivity contribution in [3.8, 4) is 0 Å². The molecule has 1 N–H and O–H groups in total. The Kier molecular flexibility index (Phi) is 4.31. The van der Waals surface area contributed by atoms with E-state index in [-0.39, 0.29) is 18.8 Å². The van der Waals surface area contributed by atoms with Crippen LogP contribution in [0.1, 0.15) is 12.8 Å². The number of imidazole rings is 1. The third kappa shape index (κ3) is 2.73. The van der Waals surface area contributed by atoms with Crippen LogP contribution in [-0.2, 0) is 11.3 Å². The van der Waals surface area contributed by atoms with E-state index in [0.717, 1.165) is 11.0 Å². The number of para-hydroxylation sites is 2. The van der Waals surface area contributed by atoms with Gasteiger partial charge in [-0.05, 0) is 18.6 Å². The van der Waals surface area contributed by atoms with Crippen molar-refractivity contribution < 1.29 is 9.90 Å². The second-order valence-corrected chi connectivity index (χ2v) is 3.42. The van der Waals surface area contributed by atoms with Gasteiger partial charge in [-0.2, -0.15) is 0 Å². The molecule has 0 saturated carbocycles. The molecule has 0 atom stereocenters. The van der Waals surface area contributed by atoms with Crippen molar-refractivity contribution in [2.45, 2.75) is 19.4 Å². The molecule has 0 saturated heterocycles. The molecule has 1 heterocycles. The Balaban J connectivity index is 0.00000128. The van der Waals surface area contributed by atoms with Crippen LogP contribution in [0.5, 0.6) is 0 Å². The van der Waals surface area contributed by atoms with E-state index in [0.29, 0.717) is 13.0 Å². The van der Waals surface area contributed by atoms with E-state index in [4.69, 9.17) is 5.11 Å². The highest BCUT2D eigenvalue weighted by Gasteiger charge is 2.02. The van der Waals surface area contributed by atoms with Crippen LogP contribution in [0, 0.1) is 0 Å². The molecule has 0 aliphatic rings. The highest BCUT2D eigenvalue weighted by atomic mass is 35.5. The molecular formula is C11H13ClN2O2. The zero-order valence-electron chi connectivity index (χ0n) is 8.67. The minimum Gasteiger partial charge on any atom is -0.481 e. The maximum absolute atomic E-state index is 10.4. The number of hydrogen-bond acceptors (Lipinski definition) is 2. The number of fused-ring (bicyclic) bond motifs is 1. The predicted octanol–water partition coefficient (Wildman–Crippen LogP) is 2.32. The summed E-state index contributed by atoms with van der Waals surface area (Å²) in [4.78, 5) is 14.6. The molecular weight excluding hydrogens is 228 g/mol. The summed E-state index contributed by atoms with van der Waals surface area (Å²) in [5.74, 6) is -0.751. The van der Waals surface area contributed by atoms with E-state index in [2.05, 4.69) is 4.98 Å². The van der Waals surface area contributed by atoms with Crippen LogP contribution in [0.2, 0.25) is 0 Å². The molecule has 0 spiro atoms. The van der Waals surface area contributed by atoms with Gasteiger partial charge in [0.1, 0.15) is 0 Å². The van der Waals surface area contributed by atoms with Gasteiger partial charge in [-0.15, -0.1) is 12.4 Å². The molecule has 0 aliphatic carbocycles. The topological polar surface area (TPSA) is 55.1 Å². The van der Waals surface area contributed by atoms with Crippen molar-refractivity contribution in [2.24, 2.45) is 0 Å². The van der Waals surface area contributed by atoms with Gasteiger partial charge in [0.2, 0.25) is 0 Å². The lowest BCUT2D eigenvalue weighted by Gasteiger charge is -2.01. The van der Waals surface area contributed by atoms with Gasteiger partial charge in [-0.25, -0.2) is 4.98 Å². The number of benzene rings is 1. The molecule has 0 aliphatic heterocycles. The van der Waals surface area contributed by atoms with Crippen LogP contribution in [-0.4, -0.2) is 20.6 Å². The Morgan fingerprint density at radius 3 is 2.88 bits per heavy atom. The van der Waals surface area contributed by atoms with E-state index >= 15 is 0 Å². The molecule has 1 aromatic carbocycles. The maximum atomic E-state index is 10.4. The SMILES string of the molecule is Cl.O=C(O)CCCn1cnc2ccccc21. The zero-order valence-corrected chi connectivity index (χ0v) is 9.48. The van der Waals surface area contributed by atoms with E-state index in [1.54, 1.807) is 6.33 Å². The van der Waals surface area contributed by atoms with Gasteiger partial charge in [0, 0.05) is 13.0 Å². The fourth-order valence-electron chi connectivity index (χ4n) is 1.59. The number of hydrogen-bond donors (Lipinski definition) is 1. The second kappa shape index (κ2) is 5.51. The molecule has 2 rings (SSSR count). The average Bonchev–Trinajstić information content (AvgIpc) is 2.62. The number of carboxylic acids is 1. The number of nitrogens with zero attached hydrogens (tertiary/aromatic N) is 2. The van der Waals surface area contributed by atoms with Gasteiger partial charge in [0.05, 0.1) is 17.4 Å². The fraction of sp³-hybridized carbons (Fsp3) is 0.273. The second-order valence-electron chi connectivity index (χ2n) is 3.42. The number of rotatable bonds is 4. The molecule has 0 bridgehead atoms. The van der Waals surface area contributed by atoms with Gasteiger partial charge in [0.15, 0.2) is 0 Å². The van der Waals surface area contributed by atoms with E-state index in [1.807, 2.05) is 28.8 Å². The first-order valence-corrected chi connectivity index (χ1v) is 4.89. The van der Waals surface area contributed by atoms with Crippen molar-refractivity contribution in [1.82, 2.24) is 9.55 Å². The van der Waals surface area contributed by atoms with Crippen LogP contribution in [0.3, 0.4) is 0 Å². The molecule has 0 radical (unpaired) electrons. The molecule has 0 fully saturated rings. The van der Waals surface area contributed by atoms with Gasteiger partial charge >= 0.3 is 5.97 Å². The van der Waals surface area contributed by atoms with Crippen molar-refractivity contribution in [3.05, 3.63) is 30.6 Å². The van der Waals surface area contributed by atoms with Crippen LogP contribution in [0.25, 0.3) is 11.0 Å². The van der Waals surface area contributed by atoms with E-state index in [1.165, 1.54) is 0 Å². The van der Waals surface area contributed by atoms with Gasteiger partial charge in [-0.3, -0.25) is 4.79 Å². The summed E-state index contributed by atoms with van der Waals surface area (Å²) >= 11 is 0. The summed E-state index contributed by atoms with van der Waals surface area (Å²) in [7, 11) is 0. The molecule has 16 heavy (non-hydrogen) atoms. The van der Waals surface area contributed by atoms with Crippen molar-refractivity contribution in [2.75, 3.05) is 0 Å². The molecule has 86 valence electrons. The monoisotopic (exact) mass is 240 g/mol. The zero-order chi connectivity index (χ0) is 10.7. The predicted molar refractivity (Wildman–Crippen MR) is 63.9 cm³/mol. The summed E-state index contributed by atoms with van der Waals surface area (Å²) in [5.41, 5.74) is 2.01. The standard InChI is InChI=1S/C11H12N2O2.ClH/c14-11(15)6-3-7-13-8-12-9-4-1-2-5-10(9)13;/h1-2,4-5,8H,3,6-7H2,(H,14,15);1H. The molecule has 4 nitrogen and oxygen atoms in total. The van der Waals surface area contributed by atoms with Gasteiger partial charge < -0.3 is 9.67 Å². The first-order valence-electron chi connectivity index (χ1n) is 4.89. The number of aryl methyl sites for hydroxylation is 1. The Morgan fingerprint density at radius 2 is 2.12 bits per heavy atom. The smallest absolute Gasteiger partial charge is 0.303 e. The Hall–Kier alpha value is -1.55. The number of aromatic nitrogens is 2. The third-order valence-electron chi connectivity index (χ3n) is 2.32. The summed E-state index contributed by atoms with van der Waals surface area (Å²) in [6.45, 7) is 0.701. The molecule has 5 heteroatoms. The summed E-state index contributed by atoms with van der Waals surface area (Å²) in [5, 5.41) is 8.53. The first-order chi connectivity index (χ1) is 7.27. The van der Waals surface area contributed by atoms with Crippen molar-refractivity contribution in [1.29, 1.82) is 0 Å². The lowest BCUT2D eigenvalue weighted by molar-refractivity contribution is -0.137. The minimum absolute atomic E-state index is 0. The quantitative estimate of drug-likeness (QED) is 0.892. The fourth-order valence-corrected chi connectivity index (χ4v) is 1.59. The van der Waals surface area contributed by atoms with Crippen molar-refractivity contribution >= 4 is 29.4 Å². The Labute approximate surface area is 99.3 Å². The third-order valence-corrected chi connectivity index (χ3v) is 2.32. The summed E-state index contributed by atoms with van der Waals surface area (Å²) < 4.78 is 1.98. The Morgan fingerprint density at radius 1 is 1.38 bits per heavy atom. The van der Waals surface area contributed by atoms with E-state index in [9.17, 15) is 4.79 Å². The summed E-state index contributed by atoms with van der Waals surface area (Å²) in [6.07, 6.45) is 2.59. The highest BCUT2D eigenvalue weighted by Crippen LogP contribution is 2.12. The van der Waals surface area contributed by atoms with Crippen LogP contribution in [0.4, 0.5) is 0 Å². The Bertz CT molecular complexity index is 482. The number of carbonyl (C=O) groups is 1. The van der Waals surface area contributed by atoms with Crippen LogP contribution in [0.15, 0.2) is 30.6 Å². The number of halogens is 1. The van der Waals surface area contributed by atoms with Crippen LogP contribution >= 0.6 is 12.4 Å². The van der Waals surface area contributed by atoms with Crippen LogP contribution < -0.4 is 0 Å². The van der Waals surface area contributed by atoms with Crippen molar-refractivity contribution in [3.63, 3.8) is 0 Å². The average molecular weight is 241 g/mol.